The number of nitrogens with zero attached hydrogens (tertiary/aromatic N) is 1. The first-order chi connectivity index (χ1) is 9.88. The minimum atomic E-state index is -0.782. The predicted octanol–water partition coefficient (Wildman–Crippen LogP) is 4.86. The van der Waals surface area contributed by atoms with Gasteiger partial charge in [-0.15, -0.1) is 0 Å². The van der Waals surface area contributed by atoms with Crippen molar-refractivity contribution in [3.8, 4) is 11.5 Å². The van der Waals surface area contributed by atoms with E-state index in [1.165, 1.54) is 18.2 Å². The van der Waals surface area contributed by atoms with Crippen molar-refractivity contribution >= 4 is 33.2 Å². The normalized spacial score (nSPS) is 12.0. The van der Waals surface area contributed by atoms with Gasteiger partial charge in [0, 0.05) is 27.2 Å². The van der Waals surface area contributed by atoms with Gasteiger partial charge in [0.2, 0.25) is 5.75 Å². The number of benzene rings is 2. The van der Waals surface area contributed by atoms with Gasteiger partial charge in [-0.2, -0.15) is 0 Å². The maximum atomic E-state index is 11.0. The predicted molar refractivity (Wildman–Crippen MR) is 83.0 cm³/mol. The van der Waals surface area contributed by atoms with Crippen LogP contribution in [-0.2, 0) is 0 Å². The maximum absolute atomic E-state index is 11.0. The molecule has 1 atom stereocenters. The van der Waals surface area contributed by atoms with E-state index in [9.17, 15) is 15.2 Å². The Morgan fingerprint density at radius 1 is 1.29 bits per heavy atom. The monoisotopic (exact) mass is 371 g/mol. The summed E-state index contributed by atoms with van der Waals surface area (Å²) in [4.78, 5) is 10.5. The van der Waals surface area contributed by atoms with Crippen molar-refractivity contribution in [1.82, 2.24) is 0 Å². The molecule has 2 aromatic carbocycles. The molecule has 5 nitrogen and oxygen atoms in total. The standard InChI is InChI=1S/C14H11BrClNO4/c1-8(18)11-6-9(15)2-5-13(11)21-14-7-10(16)3-4-12(14)17(19)20/h2-8,18H,1H3. The van der Waals surface area contributed by atoms with Crippen LogP contribution in [0.4, 0.5) is 5.69 Å². The molecule has 110 valence electrons. The highest BCUT2D eigenvalue weighted by molar-refractivity contribution is 9.10. The number of aliphatic hydroxyl groups excluding tert-OH is 1. The van der Waals surface area contributed by atoms with Crippen molar-refractivity contribution in [1.29, 1.82) is 0 Å². The Kier molecular flexibility index (Phi) is 4.82. The van der Waals surface area contributed by atoms with Crippen LogP contribution in [-0.4, -0.2) is 10.0 Å². The zero-order chi connectivity index (χ0) is 15.6. The van der Waals surface area contributed by atoms with E-state index in [4.69, 9.17) is 16.3 Å². The molecule has 0 aliphatic rings. The Morgan fingerprint density at radius 3 is 2.62 bits per heavy atom. The van der Waals surface area contributed by atoms with E-state index in [0.29, 0.717) is 16.3 Å². The number of hydrogen-bond acceptors (Lipinski definition) is 4. The lowest BCUT2D eigenvalue weighted by molar-refractivity contribution is -0.385. The molecule has 0 aromatic heterocycles. The second-order valence-electron chi connectivity index (χ2n) is 4.33. The number of nitro benzene ring substituents is 1. The molecule has 0 aliphatic heterocycles. The lowest BCUT2D eigenvalue weighted by Gasteiger charge is -2.13. The van der Waals surface area contributed by atoms with Gasteiger partial charge in [0.05, 0.1) is 11.0 Å². The zero-order valence-electron chi connectivity index (χ0n) is 10.9. The molecule has 0 saturated heterocycles. The third kappa shape index (κ3) is 3.72. The highest BCUT2D eigenvalue weighted by atomic mass is 79.9. The van der Waals surface area contributed by atoms with Crippen LogP contribution in [0.3, 0.4) is 0 Å². The van der Waals surface area contributed by atoms with Crippen LogP contribution in [0, 0.1) is 10.1 Å². The Bertz CT molecular complexity index is 691. The van der Waals surface area contributed by atoms with Crippen LogP contribution in [0.5, 0.6) is 11.5 Å². The fourth-order valence-corrected chi connectivity index (χ4v) is 2.32. The summed E-state index contributed by atoms with van der Waals surface area (Å²) < 4.78 is 6.36. The van der Waals surface area contributed by atoms with Gasteiger partial charge in [-0.1, -0.05) is 27.5 Å². The lowest BCUT2D eigenvalue weighted by atomic mass is 10.1. The van der Waals surface area contributed by atoms with Gasteiger partial charge in [-0.3, -0.25) is 10.1 Å². The first-order valence-corrected chi connectivity index (χ1v) is 7.15. The first kappa shape index (κ1) is 15.8. The Labute approximate surface area is 134 Å². The van der Waals surface area contributed by atoms with Crippen molar-refractivity contribution in [3.63, 3.8) is 0 Å². The number of aliphatic hydroxyl groups is 1. The van der Waals surface area contributed by atoms with Crippen molar-refractivity contribution in [2.45, 2.75) is 13.0 Å². The molecule has 0 aliphatic carbocycles. The highest BCUT2D eigenvalue weighted by Crippen LogP contribution is 2.37. The Balaban J connectivity index is 2.47. The van der Waals surface area contributed by atoms with Gasteiger partial charge in [0.1, 0.15) is 5.75 Å². The topological polar surface area (TPSA) is 72.6 Å². The van der Waals surface area contributed by atoms with E-state index in [1.54, 1.807) is 25.1 Å². The van der Waals surface area contributed by atoms with Crippen LogP contribution < -0.4 is 4.74 Å². The molecule has 1 unspecified atom stereocenters. The van der Waals surface area contributed by atoms with E-state index in [0.717, 1.165) is 4.47 Å². The third-order valence-corrected chi connectivity index (χ3v) is 3.49. The molecular weight excluding hydrogens is 362 g/mol. The number of hydrogen-bond donors (Lipinski definition) is 1. The van der Waals surface area contributed by atoms with Gasteiger partial charge < -0.3 is 9.84 Å². The Hall–Kier alpha value is -1.63. The molecular formula is C14H11BrClNO4. The average molecular weight is 373 g/mol. The number of halogens is 2. The number of ether oxygens (including phenoxy) is 1. The molecule has 0 spiro atoms. The summed E-state index contributed by atoms with van der Waals surface area (Å²) in [5.41, 5.74) is 0.317. The molecule has 2 rings (SSSR count). The molecule has 0 saturated carbocycles. The van der Waals surface area contributed by atoms with Gasteiger partial charge in [-0.05, 0) is 31.2 Å². The summed E-state index contributed by atoms with van der Waals surface area (Å²) in [6.45, 7) is 1.58. The van der Waals surface area contributed by atoms with E-state index in [-0.39, 0.29) is 11.4 Å². The van der Waals surface area contributed by atoms with Crippen molar-refractivity contribution < 1.29 is 14.8 Å². The summed E-state index contributed by atoms with van der Waals surface area (Å²) >= 11 is 9.16. The van der Waals surface area contributed by atoms with Crippen molar-refractivity contribution in [3.05, 3.63) is 61.6 Å². The second kappa shape index (κ2) is 6.43. The molecule has 21 heavy (non-hydrogen) atoms. The van der Waals surface area contributed by atoms with E-state index < -0.39 is 11.0 Å². The van der Waals surface area contributed by atoms with E-state index in [2.05, 4.69) is 15.9 Å². The number of nitro groups is 1. The third-order valence-electron chi connectivity index (χ3n) is 2.76. The summed E-state index contributed by atoms with van der Waals surface area (Å²) in [6, 6.07) is 9.10. The van der Waals surface area contributed by atoms with Gasteiger partial charge in [0.15, 0.2) is 0 Å². The summed E-state index contributed by atoms with van der Waals surface area (Å²) in [6.07, 6.45) is -0.782. The highest BCUT2D eigenvalue weighted by Gasteiger charge is 2.18. The molecule has 0 radical (unpaired) electrons. The molecule has 0 amide bonds. The minimum Gasteiger partial charge on any atom is -0.450 e. The SMILES string of the molecule is CC(O)c1cc(Br)ccc1Oc1cc(Cl)ccc1[N+](=O)[O-]. The summed E-state index contributed by atoms with van der Waals surface area (Å²) in [7, 11) is 0. The summed E-state index contributed by atoms with van der Waals surface area (Å²) in [5, 5.41) is 21.1. The molecule has 2 aromatic rings. The Morgan fingerprint density at radius 2 is 2.00 bits per heavy atom. The van der Waals surface area contributed by atoms with Crippen LogP contribution in [0.15, 0.2) is 40.9 Å². The molecule has 0 bridgehead atoms. The average Bonchev–Trinajstić information content (AvgIpc) is 2.40. The van der Waals surface area contributed by atoms with E-state index >= 15 is 0 Å². The van der Waals surface area contributed by atoms with Gasteiger partial charge in [-0.25, -0.2) is 0 Å². The smallest absolute Gasteiger partial charge is 0.311 e. The van der Waals surface area contributed by atoms with Crippen LogP contribution in [0.2, 0.25) is 5.02 Å². The van der Waals surface area contributed by atoms with Crippen molar-refractivity contribution in [2.24, 2.45) is 0 Å². The fraction of sp³-hybridized carbons (Fsp3) is 0.143. The zero-order valence-corrected chi connectivity index (χ0v) is 13.3. The van der Waals surface area contributed by atoms with Gasteiger partial charge in [0.25, 0.3) is 0 Å². The lowest BCUT2D eigenvalue weighted by Crippen LogP contribution is -1.98. The first-order valence-electron chi connectivity index (χ1n) is 5.98. The fourth-order valence-electron chi connectivity index (χ4n) is 1.78. The van der Waals surface area contributed by atoms with Crippen LogP contribution >= 0.6 is 27.5 Å². The molecule has 7 heteroatoms. The largest absolute Gasteiger partial charge is 0.450 e. The minimum absolute atomic E-state index is 0.0247. The number of rotatable bonds is 4. The molecule has 1 N–H and O–H groups in total. The second-order valence-corrected chi connectivity index (χ2v) is 5.68. The molecule has 0 fully saturated rings. The maximum Gasteiger partial charge on any atom is 0.311 e. The summed E-state index contributed by atoms with van der Waals surface area (Å²) in [5.74, 6) is 0.357. The van der Waals surface area contributed by atoms with Crippen LogP contribution in [0.1, 0.15) is 18.6 Å². The van der Waals surface area contributed by atoms with Gasteiger partial charge >= 0.3 is 5.69 Å². The van der Waals surface area contributed by atoms with E-state index in [1.807, 2.05) is 0 Å². The van der Waals surface area contributed by atoms with Crippen molar-refractivity contribution in [2.75, 3.05) is 0 Å². The van der Waals surface area contributed by atoms with Crippen LogP contribution in [0.25, 0.3) is 0 Å². The molecule has 0 heterocycles. The quantitative estimate of drug-likeness (QED) is 0.614.